The highest BCUT2D eigenvalue weighted by Crippen LogP contribution is 2.34. The second-order valence-corrected chi connectivity index (χ2v) is 8.52. The normalized spacial score (nSPS) is 13.6. The lowest BCUT2D eigenvalue weighted by Crippen LogP contribution is -2.30. The first-order chi connectivity index (χ1) is 13.2. The van der Waals surface area contributed by atoms with E-state index < -0.39 is 27.8 Å². The van der Waals surface area contributed by atoms with Crippen LogP contribution in [0.1, 0.15) is 22.8 Å². The molecule has 2 aromatic carbocycles. The van der Waals surface area contributed by atoms with Crippen molar-refractivity contribution in [2.24, 2.45) is 0 Å². The van der Waals surface area contributed by atoms with Crippen LogP contribution in [0.15, 0.2) is 42.5 Å². The molecule has 0 unspecified atom stereocenters. The molecule has 1 aliphatic heterocycles. The number of hydrogen-bond donors (Lipinski definition) is 1. The molecule has 8 nitrogen and oxygen atoms in total. The molecular weight excluding hydrogens is 386 g/mol. The van der Waals surface area contributed by atoms with E-state index in [1.54, 1.807) is 30.3 Å². The van der Waals surface area contributed by atoms with E-state index in [1.807, 2.05) is 0 Å². The highest BCUT2D eigenvalue weighted by Gasteiger charge is 2.21. The number of carbonyl (C=O) groups is 2. The number of amides is 1. The Kier molecular flexibility index (Phi) is 5.55. The summed E-state index contributed by atoms with van der Waals surface area (Å²) < 4.78 is 38.5. The summed E-state index contributed by atoms with van der Waals surface area (Å²) in [6, 6.07) is 11.0. The summed E-state index contributed by atoms with van der Waals surface area (Å²) in [5, 5.41) is 2.64. The van der Waals surface area contributed by atoms with Crippen LogP contribution < -0.4 is 14.8 Å². The van der Waals surface area contributed by atoms with Crippen molar-refractivity contribution in [3.8, 4) is 11.5 Å². The van der Waals surface area contributed by atoms with Gasteiger partial charge in [-0.2, -0.15) is 0 Å². The third-order valence-electron chi connectivity index (χ3n) is 3.88. The summed E-state index contributed by atoms with van der Waals surface area (Å²) in [6.07, 6.45) is 0.0528. The molecular formula is C19H19NO7S. The predicted octanol–water partition coefficient (Wildman–Crippen LogP) is 2.14. The summed E-state index contributed by atoms with van der Waals surface area (Å²) >= 11 is 0. The van der Waals surface area contributed by atoms with Crippen molar-refractivity contribution in [3.63, 3.8) is 0 Å². The van der Waals surface area contributed by atoms with E-state index in [0.717, 1.165) is 6.26 Å². The third-order valence-corrected chi connectivity index (χ3v) is 4.74. The van der Waals surface area contributed by atoms with Gasteiger partial charge in [-0.05, 0) is 36.8 Å². The molecule has 1 aliphatic rings. The Bertz CT molecular complexity index is 1020. The number of hydrogen-bond acceptors (Lipinski definition) is 7. The fourth-order valence-electron chi connectivity index (χ4n) is 2.59. The van der Waals surface area contributed by atoms with E-state index in [-0.39, 0.29) is 18.1 Å². The molecule has 3 rings (SSSR count). The van der Waals surface area contributed by atoms with Crippen LogP contribution in [-0.4, -0.2) is 39.4 Å². The van der Waals surface area contributed by atoms with Gasteiger partial charge >= 0.3 is 5.97 Å². The smallest absolute Gasteiger partial charge is 0.338 e. The van der Waals surface area contributed by atoms with E-state index in [0.29, 0.717) is 22.7 Å². The average molecular weight is 405 g/mol. The SMILES string of the molecule is C[C@H](OC(=O)c1cccc(CS(C)(=O)=O)c1)C(=O)Nc1ccc2c(c1)OCO2. The van der Waals surface area contributed by atoms with Crippen LogP contribution in [-0.2, 0) is 25.1 Å². The van der Waals surface area contributed by atoms with Crippen molar-refractivity contribution in [1.29, 1.82) is 0 Å². The Morgan fingerprint density at radius 1 is 1.14 bits per heavy atom. The number of benzene rings is 2. The minimum atomic E-state index is -3.23. The van der Waals surface area contributed by atoms with Gasteiger partial charge in [0.25, 0.3) is 5.91 Å². The molecule has 2 aromatic rings. The highest BCUT2D eigenvalue weighted by atomic mass is 32.2. The molecule has 0 fully saturated rings. The molecule has 0 bridgehead atoms. The molecule has 0 spiro atoms. The number of sulfone groups is 1. The lowest BCUT2D eigenvalue weighted by molar-refractivity contribution is -0.123. The Balaban J connectivity index is 1.62. The number of nitrogens with one attached hydrogen (secondary N) is 1. The second-order valence-electron chi connectivity index (χ2n) is 6.38. The van der Waals surface area contributed by atoms with Gasteiger partial charge in [-0.1, -0.05) is 12.1 Å². The fraction of sp³-hybridized carbons (Fsp3) is 0.263. The number of esters is 1. The molecule has 0 aliphatic carbocycles. The van der Waals surface area contributed by atoms with Crippen molar-refractivity contribution >= 4 is 27.4 Å². The van der Waals surface area contributed by atoms with Crippen molar-refractivity contribution in [1.82, 2.24) is 0 Å². The van der Waals surface area contributed by atoms with E-state index >= 15 is 0 Å². The average Bonchev–Trinajstić information content (AvgIpc) is 3.08. The molecule has 0 saturated carbocycles. The second kappa shape index (κ2) is 7.89. The number of ether oxygens (including phenoxy) is 3. The monoisotopic (exact) mass is 405 g/mol. The van der Waals surface area contributed by atoms with Gasteiger partial charge in [0.05, 0.1) is 11.3 Å². The molecule has 1 N–H and O–H groups in total. The molecule has 0 aromatic heterocycles. The molecule has 28 heavy (non-hydrogen) atoms. The molecule has 148 valence electrons. The van der Waals surface area contributed by atoms with Crippen molar-refractivity contribution < 1.29 is 32.2 Å². The van der Waals surface area contributed by atoms with Crippen molar-refractivity contribution in [3.05, 3.63) is 53.6 Å². The topological polar surface area (TPSA) is 108 Å². The summed E-state index contributed by atoms with van der Waals surface area (Å²) in [7, 11) is -3.23. The van der Waals surface area contributed by atoms with Crippen molar-refractivity contribution in [2.45, 2.75) is 18.8 Å². The maximum absolute atomic E-state index is 12.3. The molecule has 9 heteroatoms. The van der Waals surface area contributed by atoms with E-state index in [9.17, 15) is 18.0 Å². The first-order valence-corrected chi connectivity index (χ1v) is 10.5. The zero-order valence-corrected chi connectivity index (χ0v) is 16.1. The van der Waals surface area contributed by atoms with Gasteiger partial charge in [-0.15, -0.1) is 0 Å². The van der Waals surface area contributed by atoms with E-state index in [2.05, 4.69) is 5.32 Å². The van der Waals surface area contributed by atoms with Crippen LogP contribution in [0, 0.1) is 0 Å². The molecule has 1 atom stereocenters. The van der Waals surface area contributed by atoms with Crippen LogP contribution in [0.3, 0.4) is 0 Å². The number of rotatable bonds is 6. The quantitative estimate of drug-likeness (QED) is 0.734. The summed E-state index contributed by atoms with van der Waals surface area (Å²) in [4.78, 5) is 24.6. The first kappa shape index (κ1) is 19.7. The van der Waals surface area contributed by atoms with Gasteiger partial charge < -0.3 is 19.5 Å². The molecule has 0 radical (unpaired) electrons. The van der Waals surface area contributed by atoms with Gasteiger partial charge in [0.1, 0.15) is 0 Å². The van der Waals surface area contributed by atoms with Crippen LogP contribution in [0.25, 0.3) is 0 Å². The van der Waals surface area contributed by atoms with E-state index in [4.69, 9.17) is 14.2 Å². The maximum atomic E-state index is 12.3. The van der Waals surface area contributed by atoms with Crippen LogP contribution in [0.5, 0.6) is 11.5 Å². The molecule has 1 amide bonds. The fourth-order valence-corrected chi connectivity index (χ4v) is 3.38. The first-order valence-electron chi connectivity index (χ1n) is 8.39. The summed E-state index contributed by atoms with van der Waals surface area (Å²) in [5.41, 5.74) is 1.12. The lowest BCUT2D eigenvalue weighted by atomic mass is 10.1. The summed E-state index contributed by atoms with van der Waals surface area (Å²) in [6.45, 7) is 1.57. The van der Waals surface area contributed by atoms with Crippen LogP contribution >= 0.6 is 0 Å². The van der Waals surface area contributed by atoms with Gasteiger partial charge in [-0.25, -0.2) is 13.2 Å². The Morgan fingerprint density at radius 3 is 2.64 bits per heavy atom. The number of fused-ring (bicyclic) bond motifs is 1. The molecule has 1 heterocycles. The minimum absolute atomic E-state index is 0.124. The third kappa shape index (κ3) is 5.01. The largest absolute Gasteiger partial charge is 0.454 e. The zero-order valence-electron chi connectivity index (χ0n) is 15.3. The maximum Gasteiger partial charge on any atom is 0.338 e. The van der Waals surface area contributed by atoms with E-state index in [1.165, 1.54) is 19.1 Å². The minimum Gasteiger partial charge on any atom is -0.454 e. The molecule has 0 saturated heterocycles. The standard InChI is InChI=1S/C19H19NO7S/c1-12(18(21)20-15-6-7-16-17(9-15)26-11-25-16)27-19(22)14-5-3-4-13(8-14)10-28(2,23)24/h3-9,12H,10-11H2,1-2H3,(H,20,21)/t12-/m0/s1. The van der Waals surface area contributed by atoms with Crippen molar-refractivity contribution in [2.75, 3.05) is 18.4 Å². The van der Waals surface area contributed by atoms with Crippen LogP contribution in [0.4, 0.5) is 5.69 Å². The Morgan fingerprint density at radius 2 is 1.89 bits per heavy atom. The highest BCUT2D eigenvalue weighted by molar-refractivity contribution is 7.89. The lowest BCUT2D eigenvalue weighted by Gasteiger charge is -2.14. The number of carbonyl (C=O) groups excluding carboxylic acids is 2. The van der Waals surface area contributed by atoms with Gasteiger partial charge in [0.2, 0.25) is 6.79 Å². The van der Waals surface area contributed by atoms with Gasteiger partial charge in [-0.3, -0.25) is 4.79 Å². The predicted molar refractivity (Wildman–Crippen MR) is 101 cm³/mol. The Hall–Kier alpha value is -3.07. The Labute approximate surface area is 162 Å². The van der Waals surface area contributed by atoms with Gasteiger partial charge in [0.15, 0.2) is 27.4 Å². The van der Waals surface area contributed by atoms with Crippen LogP contribution in [0.2, 0.25) is 0 Å². The van der Waals surface area contributed by atoms with Gasteiger partial charge in [0, 0.05) is 18.0 Å². The summed E-state index contributed by atoms with van der Waals surface area (Å²) in [5.74, 6) is -0.311. The zero-order chi connectivity index (χ0) is 20.3. The number of anilines is 1.